The largest absolute Gasteiger partial charge is 0.485 e. The minimum Gasteiger partial charge on any atom is -0.485 e. The predicted octanol–water partition coefficient (Wildman–Crippen LogP) is 2.15. The molecule has 2 rings (SSSR count). The number of hydrogen-bond donors (Lipinski definition) is 1. The molecule has 0 saturated carbocycles. The van der Waals surface area contributed by atoms with Crippen LogP contribution in [0.4, 0.5) is 4.39 Å². The molecule has 0 aliphatic heterocycles. The number of nitrogens with zero attached hydrogens (tertiary/aromatic N) is 2. The smallest absolute Gasteiger partial charge is 0.223 e. The fraction of sp³-hybridized carbons (Fsp3) is 0.333. The molecule has 6 heteroatoms. The van der Waals surface area contributed by atoms with Crippen molar-refractivity contribution < 1.29 is 18.8 Å². The van der Waals surface area contributed by atoms with Crippen LogP contribution < -0.4 is 4.74 Å². The SMILES string of the molecule is Cc1nc(COc2cc(F)ccc2C(C)O)no1. The van der Waals surface area contributed by atoms with Crippen LogP contribution in [0.5, 0.6) is 5.75 Å². The number of aryl methyl sites for hydroxylation is 1. The van der Waals surface area contributed by atoms with Crippen LogP contribution in [0.2, 0.25) is 0 Å². The molecule has 0 aliphatic carbocycles. The van der Waals surface area contributed by atoms with E-state index in [1.807, 2.05) is 0 Å². The Balaban J connectivity index is 2.15. The van der Waals surface area contributed by atoms with Crippen molar-refractivity contribution in [1.29, 1.82) is 0 Å². The van der Waals surface area contributed by atoms with Crippen molar-refractivity contribution in [3.05, 3.63) is 41.3 Å². The summed E-state index contributed by atoms with van der Waals surface area (Å²) in [5.41, 5.74) is 0.511. The van der Waals surface area contributed by atoms with E-state index in [4.69, 9.17) is 9.26 Å². The summed E-state index contributed by atoms with van der Waals surface area (Å²) in [4.78, 5) is 3.96. The van der Waals surface area contributed by atoms with Gasteiger partial charge in [0.05, 0.1) is 6.10 Å². The number of benzene rings is 1. The Kier molecular flexibility index (Phi) is 3.57. The van der Waals surface area contributed by atoms with Gasteiger partial charge in [-0.3, -0.25) is 0 Å². The molecule has 0 bridgehead atoms. The normalized spacial score (nSPS) is 12.4. The van der Waals surface area contributed by atoms with Gasteiger partial charge < -0.3 is 14.4 Å². The van der Waals surface area contributed by atoms with E-state index in [9.17, 15) is 9.50 Å². The topological polar surface area (TPSA) is 68.4 Å². The molecule has 1 aromatic carbocycles. The van der Waals surface area contributed by atoms with E-state index in [0.29, 0.717) is 17.3 Å². The summed E-state index contributed by atoms with van der Waals surface area (Å²) in [5.74, 6) is 0.642. The third kappa shape index (κ3) is 2.84. The lowest BCUT2D eigenvalue weighted by molar-refractivity contribution is 0.189. The highest BCUT2D eigenvalue weighted by atomic mass is 19.1. The van der Waals surface area contributed by atoms with E-state index in [0.717, 1.165) is 0 Å². The zero-order valence-electron chi connectivity index (χ0n) is 10.1. The summed E-state index contributed by atoms with van der Waals surface area (Å²) < 4.78 is 23.3. The van der Waals surface area contributed by atoms with E-state index in [2.05, 4.69) is 10.1 Å². The molecular weight excluding hydrogens is 239 g/mol. The zero-order chi connectivity index (χ0) is 13.1. The van der Waals surface area contributed by atoms with E-state index in [1.165, 1.54) is 18.2 Å². The number of rotatable bonds is 4. The number of ether oxygens (including phenoxy) is 1. The molecule has 0 spiro atoms. The molecule has 0 radical (unpaired) electrons. The molecule has 0 saturated heterocycles. The minimum absolute atomic E-state index is 0.0561. The van der Waals surface area contributed by atoms with Crippen LogP contribution in [0.25, 0.3) is 0 Å². The number of aromatic nitrogens is 2. The van der Waals surface area contributed by atoms with Crippen LogP contribution in [0.15, 0.2) is 22.7 Å². The van der Waals surface area contributed by atoms with Crippen LogP contribution in [-0.2, 0) is 6.61 Å². The maximum absolute atomic E-state index is 13.1. The maximum atomic E-state index is 13.1. The second-order valence-corrected chi connectivity index (χ2v) is 3.88. The van der Waals surface area contributed by atoms with Crippen molar-refractivity contribution in [2.75, 3.05) is 0 Å². The molecule has 0 aliphatic rings. The Bertz CT molecular complexity index is 540. The molecule has 1 unspecified atom stereocenters. The third-order valence-electron chi connectivity index (χ3n) is 2.35. The van der Waals surface area contributed by atoms with Crippen LogP contribution in [0.3, 0.4) is 0 Å². The molecule has 18 heavy (non-hydrogen) atoms. The first kappa shape index (κ1) is 12.5. The predicted molar refractivity (Wildman–Crippen MR) is 60.4 cm³/mol. The van der Waals surface area contributed by atoms with Crippen LogP contribution in [-0.4, -0.2) is 15.2 Å². The third-order valence-corrected chi connectivity index (χ3v) is 2.35. The Labute approximate surface area is 103 Å². The van der Waals surface area contributed by atoms with Gasteiger partial charge in [-0.1, -0.05) is 5.16 Å². The van der Waals surface area contributed by atoms with Gasteiger partial charge in [0.15, 0.2) is 6.61 Å². The Morgan fingerprint density at radius 2 is 2.28 bits per heavy atom. The first-order chi connectivity index (χ1) is 8.56. The number of hydrogen-bond acceptors (Lipinski definition) is 5. The highest BCUT2D eigenvalue weighted by molar-refractivity contribution is 5.35. The average molecular weight is 252 g/mol. The van der Waals surface area contributed by atoms with Crippen molar-refractivity contribution in [3.8, 4) is 5.75 Å². The minimum atomic E-state index is -0.743. The summed E-state index contributed by atoms with van der Waals surface area (Å²) >= 11 is 0. The van der Waals surface area contributed by atoms with Gasteiger partial charge in [0.2, 0.25) is 11.7 Å². The Hall–Kier alpha value is -1.95. The molecule has 1 atom stereocenters. The second kappa shape index (κ2) is 5.14. The molecule has 5 nitrogen and oxygen atoms in total. The lowest BCUT2D eigenvalue weighted by Gasteiger charge is -2.12. The maximum Gasteiger partial charge on any atom is 0.223 e. The van der Waals surface area contributed by atoms with Crippen molar-refractivity contribution in [3.63, 3.8) is 0 Å². The highest BCUT2D eigenvalue weighted by Gasteiger charge is 2.12. The van der Waals surface area contributed by atoms with Crippen LogP contribution >= 0.6 is 0 Å². The molecule has 96 valence electrons. The van der Waals surface area contributed by atoms with Gasteiger partial charge in [-0.2, -0.15) is 4.98 Å². The highest BCUT2D eigenvalue weighted by Crippen LogP contribution is 2.26. The molecule has 1 N–H and O–H groups in total. The lowest BCUT2D eigenvalue weighted by atomic mass is 10.1. The van der Waals surface area contributed by atoms with E-state index >= 15 is 0 Å². The number of halogens is 1. The van der Waals surface area contributed by atoms with Gasteiger partial charge in [-0.15, -0.1) is 0 Å². The first-order valence-corrected chi connectivity index (χ1v) is 5.46. The van der Waals surface area contributed by atoms with E-state index in [1.54, 1.807) is 13.8 Å². The van der Waals surface area contributed by atoms with Gasteiger partial charge in [0.25, 0.3) is 0 Å². The second-order valence-electron chi connectivity index (χ2n) is 3.88. The van der Waals surface area contributed by atoms with Crippen molar-refractivity contribution in [1.82, 2.24) is 10.1 Å². The monoisotopic (exact) mass is 252 g/mol. The molecule has 0 amide bonds. The van der Waals surface area contributed by atoms with Crippen molar-refractivity contribution >= 4 is 0 Å². The molecule has 2 aromatic rings. The van der Waals surface area contributed by atoms with Gasteiger partial charge >= 0.3 is 0 Å². The van der Waals surface area contributed by atoms with Gasteiger partial charge in [0, 0.05) is 18.6 Å². The van der Waals surface area contributed by atoms with E-state index in [-0.39, 0.29) is 12.4 Å². The first-order valence-electron chi connectivity index (χ1n) is 5.46. The summed E-state index contributed by atoms with van der Waals surface area (Å²) in [6, 6.07) is 3.97. The lowest BCUT2D eigenvalue weighted by Crippen LogP contribution is -2.02. The van der Waals surface area contributed by atoms with E-state index < -0.39 is 11.9 Å². The van der Waals surface area contributed by atoms with Crippen LogP contribution in [0.1, 0.15) is 30.3 Å². The molecule has 0 fully saturated rings. The summed E-state index contributed by atoms with van der Waals surface area (Å²) in [6.45, 7) is 3.30. The van der Waals surface area contributed by atoms with Gasteiger partial charge in [0.1, 0.15) is 11.6 Å². The summed E-state index contributed by atoms with van der Waals surface area (Å²) in [7, 11) is 0. The number of aliphatic hydroxyl groups is 1. The standard InChI is InChI=1S/C12H13FN2O3/c1-7(16)10-4-3-9(13)5-11(10)17-6-12-14-8(2)18-15-12/h3-5,7,16H,6H2,1-2H3. The Morgan fingerprint density at radius 1 is 1.50 bits per heavy atom. The van der Waals surface area contributed by atoms with Gasteiger partial charge in [-0.25, -0.2) is 4.39 Å². The Morgan fingerprint density at radius 3 is 2.89 bits per heavy atom. The average Bonchev–Trinajstić information content (AvgIpc) is 2.72. The van der Waals surface area contributed by atoms with Crippen molar-refractivity contribution in [2.45, 2.75) is 26.6 Å². The molecule has 1 aromatic heterocycles. The fourth-order valence-corrected chi connectivity index (χ4v) is 1.52. The van der Waals surface area contributed by atoms with Gasteiger partial charge in [-0.05, 0) is 19.1 Å². The molecule has 1 heterocycles. The van der Waals surface area contributed by atoms with Crippen molar-refractivity contribution in [2.24, 2.45) is 0 Å². The summed E-state index contributed by atoms with van der Waals surface area (Å²) in [6.07, 6.45) is -0.743. The zero-order valence-corrected chi connectivity index (χ0v) is 10.1. The summed E-state index contributed by atoms with van der Waals surface area (Å²) in [5, 5.41) is 13.2. The number of aliphatic hydroxyl groups excluding tert-OH is 1. The molecular formula is C12H13FN2O3. The fourth-order valence-electron chi connectivity index (χ4n) is 1.52. The van der Waals surface area contributed by atoms with Crippen LogP contribution in [0, 0.1) is 12.7 Å². The quantitative estimate of drug-likeness (QED) is 0.902.